The molecule has 0 amide bonds. The zero-order valence-corrected chi connectivity index (χ0v) is 10.4. The van der Waals surface area contributed by atoms with Gasteiger partial charge >= 0.3 is 0 Å². The smallest absolute Gasteiger partial charge is 0.276 e. The third-order valence-corrected chi connectivity index (χ3v) is 3.65. The van der Waals surface area contributed by atoms with E-state index in [9.17, 15) is 0 Å². The molecule has 0 spiro atoms. The van der Waals surface area contributed by atoms with Gasteiger partial charge in [0.15, 0.2) is 5.82 Å². The number of aromatic nitrogens is 4. The van der Waals surface area contributed by atoms with Gasteiger partial charge < -0.3 is 10.3 Å². The number of nitrogens with zero attached hydrogens (tertiary/aromatic N) is 3. The van der Waals surface area contributed by atoms with Gasteiger partial charge in [-0.2, -0.15) is 10.1 Å². The Balaban J connectivity index is 1.77. The molecule has 3 rings (SSSR count). The van der Waals surface area contributed by atoms with Crippen molar-refractivity contribution in [2.45, 2.75) is 38.5 Å². The topological polar surface area (TPSA) is 93.6 Å². The van der Waals surface area contributed by atoms with Crippen LogP contribution in [0.15, 0.2) is 10.6 Å². The Morgan fingerprint density at radius 1 is 1.33 bits per heavy atom. The van der Waals surface area contributed by atoms with Gasteiger partial charge in [-0.05, 0) is 18.8 Å². The lowest BCUT2D eigenvalue weighted by Gasteiger charge is -2.23. The molecule has 96 valence electrons. The molecule has 1 saturated carbocycles. The minimum atomic E-state index is 0.427. The number of anilines is 1. The van der Waals surface area contributed by atoms with Crippen molar-refractivity contribution in [2.24, 2.45) is 5.92 Å². The fraction of sp³-hybridized carbons (Fsp3) is 0.583. The van der Waals surface area contributed by atoms with E-state index in [4.69, 9.17) is 10.3 Å². The quantitative estimate of drug-likeness (QED) is 0.849. The summed E-state index contributed by atoms with van der Waals surface area (Å²) in [5.41, 5.74) is 6.22. The van der Waals surface area contributed by atoms with Crippen molar-refractivity contribution in [3.63, 3.8) is 0 Å². The molecule has 0 aliphatic heterocycles. The lowest BCUT2D eigenvalue weighted by molar-refractivity contribution is 0.329. The Morgan fingerprint density at radius 3 is 2.78 bits per heavy atom. The van der Waals surface area contributed by atoms with Crippen molar-refractivity contribution in [1.82, 2.24) is 20.3 Å². The minimum absolute atomic E-state index is 0.427. The Morgan fingerprint density at radius 2 is 2.11 bits per heavy atom. The second kappa shape index (κ2) is 4.44. The Bertz CT molecular complexity index is 524. The van der Waals surface area contributed by atoms with Gasteiger partial charge in [-0.15, -0.1) is 0 Å². The van der Waals surface area contributed by atoms with Crippen LogP contribution in [0.1, 0.15) is 44.3 Å². The van der Waals surface area contributed by atoms with Crippen LogP contribution in [0.5, 0.6) is 0 Å². The molecule has 0 radical (unpaired) electrons. The first-order valence-electron chi connectivity index (χ1n) is 6.37. The van der Waals surface area contributed by atoms with Gasteiger partial charge in [0.2, 0.25) is 0 Å². The maximum atomic E-state index is 5.55. The van der Waals surface area contributed by atoms with E-state index in [0.29, 0.717) is 23.3 Å². The van der Waals surface area contributed by atoms with E-state index < -0.39 is 0 Å². The molecule has 1 fully saturated rings. The van der Waals surface area contributed by atoms with E-state index in [1.807, 2.05) is 0 Å². The second-order valence-electron chi connectivity index (χ2n) is 5.12. The van der Waals surface area contributed by atoms with Gasteiger partial charge in [0, 0.05) is 12.0 Å². The van der Waals surface area contributed by atoms with Crippen LogP contribution in [0.2, 0.25) is 0 Å². The summed E-state index contributed by atoms with van der Waals surface area (Å²) in [6.45, 7) is 2.30. The third kappa shape index (κ3) is 2.10. The largest absolute Gasteiger partial charge is 0.382 e. The van der Waals surface area contributed by atoms with Crippen LogP contribution in [0, 0.1) is 5.92 Å². The van der Waals surface area contributed by atoms with Gasteiger partial charge in [-0.1, -0.05) is 24.9 Å². The van der Waals surface area contributed by atoms with E-state index in [2.05, 4.69) is 27.3 Å². The monoisotopic (exact) mass is 247 g/mol. The van der Waals surface area contributed by atoms with Gasteiger partial charge in [0.25, 0.3) is 5.89 Å². The summed E-state index contributed by atoms with van der Waals surface area (Å²) in [6, 6.07) is 1.69. The van der Waals surface area contributed by atoms with E-state index in [1.165, 1.54) is 12.8 Å². The molecule has 1 aliphatic rings. The van der Waals surface area contributed by atoms with E-state index >= 15 is 0 Å². The lowest BCUT2D eigenvalue weighted by Crippen LogP contribution is -2.11. The molecule has 1 aliphatic carbocycles. The van der Waals surface area contributed by atoms with Crippen molar-refractivity contribution in [3.8, 4) is 11.6 Å². The molecule has 0 aromatic carbocycles. The molecule has 2 heterocycles. The first-order valence-corrected chi connectivity index (χ1v) is 6.37. The SMILES string of the molecule is CC1CCC(c2noc(-c3cc(N)n[nH]3)n2)CC1. The molecular weight excluding hydrogens is 230 g/mol. The summed E-state index contributed by atoms with van der Waals surface area (Å²) < 4.78 is 5.26. The fourth-order valence-electron chi connectivity index (χ4n) is 2.48. The number of nitrogens with two attached hydrogens (primary N) is 1. The average molecular weight is 247 g/mol. The van der Waals surface area contributed by atoms with E-state index in [1.54, 1.807) is 6.07 Å². The van der Waals surface area contributed by atoms with Crippen LogP contribution in [0.25, 0.3) is 11.6 Å². The number of aromatic amines is 1. The highest BCUT2D eigenvalue weighted by Gasteiger charge is 2.24. The molecule has 6 heteroatoms. The highest BCUT2D eigenvalue weighted by Crippen LogP contribution is 2.34. The van der Waals surface area contributed by atoms with Crippen LogP contribution in [0.4, 0.5) is 5.82 Å². The molecule has 2 aromatic rings. The summed E-state index contributed by atoms with van der Waals surface area (Å²) in [4.78, 5) is 4.44. The molecule has 0 saturated heterocycles. The third-order valence-electron chi connectivity index (χ3n) is 3.65. The zero-order chi connectivity index (χ0) is 12.5. The highest BCUT2D eigenvalue weighted by molar-refractivity contribution is 5.51. The Kier molecular flexibility index (Phi) is 2.77. The Labute approximate surface area is 105 Å². The van der Waals surface area contributed by atoms with E-state index in [0.717, 1.165) is 24.6 Å². The number of hydrogen-bond acceptors (Lipinski definition) is 5. The predicted molar refractivity (Wildman–Crippen MR) is 66.7 cm³/mol. The van der Waals surface area contributed by atoms with Crippen LogP contribution >= 0.6 is 0 Å². The van der Waals surface area contributed by atoms with E-state index in [-0.39, 0.29) is 0 Å². The lowest BCUT2D eigenvalue weighted by atomic mass is 9.83. The van der Waals surface area contributed by atoms with Crippen molar-refractivity contribution in [2.75, 3.05) is 5.73 Å². The maximum absolute atomic E-state index is 5.55. The second-order valence-corrected chi connectivity index (χ2v) is 5.12. The molecule has 6 nitrogen and oxygen atoms in total. The van der Waals surface area contributed by atoms with Crippen molar-refractivity contribution in [3.05, 3.63) is 11.9 Å². The summed E-state index contributed by atoms with van der Waals surface area (Å²) in [7, 11) is 0. The molecule has 18 heavy (non-hydrogen) atoms. The minimum Gasteiger partial charge on any atom is -0.382 e. The predicted octanol–water partition coefficient (Wildman–Crippen LogP) is 2.34. The number of nitrogen functional groups attached to an aromatic ring is 1. The molecule has 0 atom stereocenters. The summed E-state index contributed by atoms with van der Waals surface area (Å²) in [6.07, 6.45) is 4.77. The van der Waals surface area contributed by atoms with Crippen LogP contribution in [-0.2, 0) is 0 Å². The molecule has 3 N–H and O–H groups in total. The zero-order valence-electron chi connectivity index (χ0n) is 10.4. The van der Waals surface area contributed by atoms with Gasteiger partial charge in [0.1, 0.15) is 11.5 Å². The molecule has 0 unspecified atom stereocenters. The summed E-state index contributed by atoms with van der Waals surface area (Å²) >= 11 is 0. The van der Waals surface area contributed by atoms with Crippen LogP contribution in [0.3, 0.4) is 0 Å². The van der Waals surface area contributed by atoms with Crippen molar-refractivity contribution < 1.29 is 4.52 Å². The fourth-order valence-corrected chi connectivity index (χ4v) is 2.48. The first kappa shape index (κ1) is 11.3. The average Bonchev–Trinajstić information content (AvgIpc) is 2.98. The van der Waals surface area contributed by atoms with Gasteiger partial charge in [0.05, 0.1) is 0 Å². The van der Waals surface area contributed by atoms with Crippen molar-refractivity contribution in [1.29, 1.82) is 0 Å². The number of nitrogens with one attached hydrogen (secondary N) is 1. The number of hydrogen-bond donors (Lipinski definition) is 2. The standard InChI is InChI=1S/C12H17N5O/c1-7-2-4-8(5-3-7)11-14-12(18-17-11)9-6-10(13)16-15-9/h6-8H,2-5H2,1H3,(H3,13,15,16). The summed E-state index contributed by atoms with van der Waals surface area (Å²) in [5.74, 6) is 2.95. The highest BCUT2D eigenvalue weighted by atomic mass is 16.5. The Hall–Kier alpha value is -1.85. The number of rotatable bonds is 2. The van der Waals surface area contributed by atoms with Gasteiger partial charge in [-0.25, -0.2) is 0 Å². The molecule has 0 bridgehead atoms. The van der Waals surface area contributed by atoms with Crippen LogP contribution < -0.4 is 5.73 Å². The van der Waals surface area contributed by atoms with Crippen molar-refractivity contribution >= 4 is 5.82 Å². The molecular formula is C12H17N5O. The maximum Gasteiger partial charge on any atom is 0.276 e. The first-order chi connectivity index (χ1) is 8.72. The normalized spacial score (nSPS) is 24.3. The number of H-pyrrole nitrogens is 1. The summed E-state index contributed by atoms with van der Waals surface area (Å²) in [5, 5.41) is 10.7. The van der Waals surface area contributed by atoms with Gasteiger partial charge in [-0.3, -0.25) is 5.10 Å². The van der Waals surface area contributed by atoms with Crippen LogP contribution in [-0.4, -0.2) is 20.3 Å². The molecule has 2 aromatic heterocycles.